The normalized spacial score (nSPS) is 10.6. The highest BCUT2D eigenvalue weighted by Crippen LogP contribution is 2.26. The maximum Gasteiger partial charge on any atom is 0.269 e. The zero-order valence-corrected chi connectivity index (χ0v) is 18.7. The smallest absolute Gasteiger partial charge is 0.269 e. The number of nitrogens with one attached hydrogen (secondary N) is 1. The van der Waals surface area contributed by atoms with Gasteiger partial charge in [0, 0.05) is 36.0 Å². The van der Waals surface area contributed by atoms with Crippen molar-refractivity contribution in [1.29, 1.82) is 0 Å². The van der Waals surface area contributed by atoms with E-state index in [1.165, 1.54) is 12.1 Å². The minimum atomic E-state index is -0.443. The molecule has 8 nitrogen and oxygen atoms in total. The summed E-state index contributed by atoms with van der Waals surface area (Å²) in [5, 5.41) is 18.6. The number of benzene rings is 3. The summed E-state index contributed by atoms with van der Waals surface area (Å²) in [5.41, 5.74) is 3.82. The first-order valence-corrected chi connectivity index (χ1v) is 10.9. The Bertz CT molecular complexity index is 1280. The van der Waals surface area contributed by atoms with E-state index in [-0.39, 0.29) is 18.0 Å². The van der Waals surface area contributed by atoms with E-state index in [0.717, 1.165) is 22.6 Å². The third-order valence-corrected chi connectivity index (χ3v) is 5.21. The van der Waals surface area contributed by atoms with Gasteiger partial charge >= 0.3 is 0 Å². The van der Waals surface area contributed by atoms with Crippen molar-refractivity contribution in [3.63, 3.8) is 0 Å². The van der Waals surface area contributed by atoms with Gasteiger partial charge in [-0.2, -0.15) is 5.10 Å². The Kier molecular flexibility index (Phi) is 6.98. The molecule has 1 amide bonds. The lowest BCUT2D eigenvalue weighted by molar-refractivity contribution is -0.384. The Labute approximate surface area is 197 Å². The first-order chi connectivity index (χ1) is 16.5. The first kappa shape index (κ1) is 22.7. The number of amides is 1. The number of para-hydroxylation sites is 1. The van der Waals surface area contributed by atoms with Gasteiger partial charge in [-0.15, -0.1) is 0 Å². The lowest BCUT2D eigenvalue weighted by atomic mass is 10.1. The number of nitro benzene ring substituents is 1. The Hall–Kier alpha value is -4.46. The molecule has 1 N–H and O–H groups in total. The summed E-state index contributed by atoms with van der Waals surface area (Å²) in [7, 11) is 0. The van der Waals surface area contributed by atoms with Crippen molar-refractivity contribution in [3.05, 3.63) is 106 Å². The number of non-ortho nitro benzene ring substituents is 1. The number of carbonyl (C=O) groups is 1. The summed E-state index contributed by atoms with van der Waals surface area (Å²) in [6.07, 6.45) is 1.94. The van der Waals surface area contributed by atoms with Gasteiger partial charge in [0.05, 0.1) is 29.3 Å². The van der Waals surface area contributed by atoms with Crippen LogP contribution in [-0.2, 0) is 17.8 Å². The number of hydrogen-bond donors (Lipinski definition) is 1. The third kappa shape index (κ3) is 5.47. The highest BCUT2D eigenvalue weighted by atomic mass is 16.6. The molecule has 0 aliphatic carbocycles. The number of nitrogens with zero attached hydrogens (tertiary/aromatic N) is 3. The van der Waals surface area contributed by atoms with E-state index in [1.54, 1.807) is 16.8 Å². The van der Waals surface area contributed by atoms with Crippen LogP contribution in [0.1, 0.15) is 18.1 Å². The molecule has 0 spiro atoms. The molecule has 1 heterocycles. The number of aromatic nitrogens is 2. The zero-order valence-electron chi connectivity index (χ0n) is 18.7. The largest absolute Gasteiger partial charge is 0.494 e. The molecule has 0 radical (unpaired) electrons. The van der Waals surface area contributed by atoms with Crippen molar-refractivity contribution in [2.45, 2.75) is 19.9 Å². The van der Waals surface area contributed by atoms with Crippen LogP contribution in [0.3, 0.4) is 0 Å². The molecule has 1 aromatic heterocycles. The maximum absolute atomic E-state index is 12.8. The molecule has 0 atom stereocenters. The van der Waals surface area contributed by atoms with Gasteiger partial charge in [0.15, 0.2) is 0 Å². The van der Waals surface area contributed by atoms with Crippen LogP contribution < -0.4 is 10.1 Å². The molecule has 0 fully saturated rings. The number of rotatable bonds is 9. The van der Waals surface area contributed by atoms with Crippen molar-refractivity contribution in [3.8, 4) is 22.7 Å². The number of nitro groups is 1. The fraction of sp³-hybridized carbons (Fsp3) is 0.154. The van der Waals surface area contributed by atoms with E-state index in [2.05, 4.69) is 10.4 Å². The second kappa shape index (κ2) is 10.4. The Morgan fingerprint density at radius 1 is 1.06 bits per heavy atom. The maximum atomic E-state index is 12.8. The van der Waals surface area contributed by atoms with Crippen LogP contribution >= 0.6 is 0 Å². The predicted molar refractivity (Wildman–Crippen MR) is 129 cm³/mol. The lowest BCUT2D eigenvalue weighted by Gasteiger charge is -2.08. The van der Waals surface area contributed by atoms with Crippen molar-refractivity contribution >= 4 is 11.6 Å². The molecule has 172 valence electrons. The quantitative estimate of drug-likeness (QED) is 0.291. The monoisotopic (exact) mass is 456 g/mol. The second-order valence-corrected chi connectivity index (χ2v) is 7.62. The summed E-state index contributed by atoms with van der Waals surface area (Å²) < 4.78 is 7.23. The summed E-state index contributed by atoms with van der Waals surface area (Å²) >= 11 is 0. The third-order valence-electron chi connectivity index (χ3n) is 5.21. The molecule has 0 bridgehead atoms. The highest BCUT2D eigenvalue weighted by Gasteiger charge is 2.16. The topological polar surface area (TPSA) is 99.3 Å². The van der Waals surface area contributed by atoms with Gasteiger partial charge in [0.25, 0.3) is 5.69 Å². The minimum Gasteiger partial charge on any atom is -0.494 e. The van der Waals surface area contributed by atoms with Gasteiger partial charge in [0.2, 0.25) is 5.91 Å². The zero-order chi connectivity index (χ0) is 23.9. The van der Waals surface area contributed by atoms with Gasteiger partial charge in [-0.3, -0.25) is 14.9 Å². The van der Waals surface area contributed by atoms with Crippen molar-refractivity contribution < 1.29 is 14.5 Å². The molecule has 4 rings (SSSR count). The average molecular weight is 457 g/mol. The Morgan fingerprint density at radius 3 is 2.53 bits per heavy atom. The second-order valence-electron chi connectivity index (χ2n) is 7.62. The van der Waals surface area contributed by atoms with Crippen molar-refractivity contribution in [2.24, 2.45) is 0 Å². The average Bonchev–Trinajstić information content (AvgIpc) is 3.27. The SMILES string of the molecule is CCOc1cccc(CNC(=O)Cc2cn(-c3ccccc3)nc2-c2ccc([N+](=O)[O-])cc2)c1. The van der Waals surface area contributed by atoms with E-state index in [9.17, 15) is 14.9 Å². The van der Waals surface area contributed by atoms with Gasteiger partial charge in [0.1, 0.15) is 5.75 Å². The van der Waals surface area contributed by atoms with Gasteiger partial charge < -0.3 is 10.1 Å². The van der Waals surface area contributed by atoms with E-state index < -0.39 is 4.92 Å². The van der Waals surface area contributed by atoms with Gasteiger partial charge in [-0.1, -0.05) is 30.3 Å². The van der Waals surface area contributed by atoms with E-state index in [1.807, 2.05) is 67.7 Å². The molecular formula is C26H24N4O4. The van der Waals surface area contributed by atoms with Gasteiger partial charge in [-0.05, 0) is 48.9 Å². The molecule has 0 aliphatic heterocycles. The number of ether oxygens (including phenoxy) is 1. The molecule has 34 heavy (non-hydrogen) atoms. The Morgan fingerprint density at radius 2 is 1.82 bits per heavy atom. The molecular weight excluding hydrogens is 432 g/mol. The first-order valence-electron chi connectivity index (χ1n) is 10.9. The van der Waals surface area contributed by atoms with Crippen LogP contribution in [0.5, 0.6) is 5.75 Å². The van der Waals surface area contributed by atoms with Crippen LogP contribution in [-0.4, -0.2) is 27.2 Å². The predicted octanol–water partition coefficient (Wildman–Crippen LogP) is 4.71. The number of carbonyl (C=O) groups excluding carboxylic acids is 1. The molecule has 8 heteroatoms. The van der Waals surface area contributed by atoms with E-state index in [4.69, 9.17) is 4.74 Å². The molecule has 0 aliphatic rings. The van der Waals surface area contributed by atoms with Crippen molar-refractivity contribution in [1.82, 2.24) is 15.1 Å². The molecule has 0 saturated heterocycles. The van der Waals surface area contributed by atoms with Crippen LogP contribution in [0.25, 0.3) is 16.9 Å². The summed E-state index contributed by atoms with van der Waals surface area (Å²) in [6, 6.07) is 23.3. The fourth-order valence-electron chi connectivity index (χ4n) is 3.58. The molecule has 0 unspecified atom stereocenters. The van der Waals surface area contributed by atoms with Crippen molar-refractivity contribution in [2.75, 3.05) is 6.61 Å². The Balaban J connectivity index is 1.56. The van der Waals surface area contributed by atoms with E-state index >= 15 is 0 Å². The summed E-state index contributed by atoms with van der Waals surface area (Å²) in [4.78, 5) is 23.4. The van der Waals surface area contributed by atoms with E-state index in [0.29, 0.717) is 24.4 Å². The lowest BCUT2D eigenvalue weighted by Crippen LogP contribution is -2.24. The summed E-state index contributed by atoms with van der Waals surface area (Å²) in [5.74, 6) is 0.608. The molecule has 0 saturated carbocycles. The minimum absolute atomic E-state index is 0.000168. The van der Waals surface area contributed by atoms with Crippen LogP contribution in [0.2, 0.25) is 0 Å². The highest BCUT2D eigenvalue weighted by molar-refractivity contribution is 5.81. The molecule has 3 aromatic carbocycles. The number of hydrogen-bond acceptors (Lipinski definition) is 5. The van der Waals surface area contributed by atoms with Crippen LogP contribution in [0, 0.1) is 10.1 Å². The standard InChI is InChI=1S/C26H24N4O4/c1-2-34-24-10-6-7-19(15-24)17-27-25(31)16-21-18-29(22-8-4-3-5-9-22)28-26(21)20-11-13-23(14-12-20)30(32)33/h3-15,18H,2,16-17H2,1H3,(H,27,31). The fourth-order valence-corrected chi connectivity index (χ4v) is 3.58. The molecule has 4 aromatic rings. The van der Waals surface area contributed by atoms with Crippen LogP contribution in [0.4, 0.5) is 5.69 Å². The van der Waals surface area contributed by atoms with Crippen LogP contribution in [0.15, 0.2) is 85.1 Å². The summed E-state index contributed by atoms with van der Waals surface area (Å²) in [6.45, 7) is 2.87. The van der Waals surface area contributed by atoms with Gasteiger partial charge in [-0.25, -0.2) is 4.68 Å².